The van der Waals surface area contributed by atoms with Gasteiger partial charge in [0.25, 0.3) is 0 Å². The lowest BCUT2D eigenvalue weighted by molar-refractivity contribution is 0.123. The molecule has 1 fully saturated rings. The fourth-order valence-electron chi connectivity index (χ4n) is 2.99. The maximum atomic E-state index is 6.49. The molecule has 0 aliphatic carbocycles. The van der Waals surface area contributed by atoms with Crippen molar-refractivity contribution in [1.82, 2.24) is 10.2 Å². The van der Waals surface area contributed by atoms with E-state index in [2.05, 4.69) is 28.1 Å². The van der Waals surface area contributed by atoms with Crippen LogP contribution < -0.4 is 4.90 Å². The summed E-state index contributed by atoms with van der Waals surface area (Å²) in [5.41, 5.74) is 4.22. The number of hydrogen-bond donors (Lipinski definition) is 1. The van der Waals surface area contributed by atoms with Crippen LogP contribution in [0.4, 0.5) is 5.00 Å². The van der Waals surface area contributed by atoms with Gasteiger partial charge in [-0.15, -0.1) is 11.3 Å². The van der Waals surface area contributed by atoms with Crippen LogP contribution in [0.1, 0.15) is 5.56 Å². The first-order valence-electron chi connectivity index (χ1n) is 8.06. The maximum Gasteiger partial charge on any atom is 0.0923 e. The number of nitrogens with one attached hydrogen (secondary N) is 1. The zero-order chi connectivity index (χ0) is 17.4. The summed E-state index contributed by atoms with van der Waals surface area (Å²) in [5.74, 6) is 0. The molecule has 0 saturated carbocycles. The van der Waals surface area contributed by atoms with Gasteiger partial charge < -0.3 is 9.64 Å². The smallest absolute Gasteiger partial charge is 0.0923 e. The highest BCUT2D eigenvalue weighted by Crippen LogP contribution is 2.45. The SMILES string of the molecule is Cc1cn[nH]c1-c1sc(N2CCOCC2)cc1-c1ccc(Cl)cc1Cl. The van der Waals surface area contributed by atoms with Gasteiger partial charge in [-0.2, -0.15) is 5.10 Å². The van der Waals surface area contributed by atoms with E-state index in [1.54, 1.807) is 17.4 Å². The second-order valence-electron chi connectivity index (χ2n) is 5.98. The van der Waals surface area contributed by atoms with Crippen LogP contribution in [0.2, 0.25) is 10.0 Å². The number of morpholine rings is 1. The Balaban J connectivity index is 1.86. The first kappa shape index (κ1) is 16.9. The summed E-state index contributed by atoms with van der Waals surface area (Å²) in [6, 6.07) is 7.85. The van der Waals surface area contributed by atoms with Crippen LogP contribution in [-0.4, -0.2) is 36.5 Å². The first-order chi connectivity index (χ1) is 12.1. The predicted molar refractivity (Wildman–Crippen MR) is 105 cm³/mol. The number of aromatic amines is 1. The van der Waals surface area contributed by atoms with E-state index in [9.17, 15) is 0 Å². The van der Waals surface area contributed by atoms with Crippen molar-refractivity contribution in [1.29, 1.82) is 0 Å². The summed E-state index contributed by atoms with van der Waals surface area (Å²) in [6.45, 7) is 5.37. The molecule has 1 aromatic carbocycles. The van der Waals surface area contributed by atoms with Gasteiger partial charge in [0.1, 0.15) is 0 Å². The van der Waals surface area contributed by atoms with E-state index in [4.69, 9.17) is 27.9 Å². The molecule has 1 saturated heterocycles. The van der Waals surface area contributed by atoms with E-state index in [1.807, 2.05) is 18.3 Å². The number of aromatic nitrogens is 2. The number of halogens is 2. The molecule has 4 nitrogen and oxygen atoms in total. The molecule has 1 aliphatic rings. The monoisotopic (exact) mass is 393 g/mol. The Bertz CT molecular complexity index is 900. The molecule has 0 bridgehead atoms. The van der Waals surface area contributed by atoms with E-state index in [1.165, 1.54) is 5.00 Å². The third kappa shape index (κ3) is 3.29. The Morgan fingerprint density at radius 1 is 1.16 bits per heavy atom. The van der Waals surface area contributed by atoms with Crippen molar-refractivity contribution in [3.8, 4) is 21.7 Å². The van der Waals surface area contributed by atoms with Crippen LogP contribution in [0, 0.1) is 6.92 Å². The number of rotatable bonds is 3. The summed E-state index contributed by atoms with van der Waals surface area (Å²) in [4.78, 5) is 3.50. The van der Waals surface area contributed by atoms with E-state index >= 15 is 0 Å². The van der Waals surface area contributed by atoms with Crippen LogP contribution in [0.3, 0.4) is 0 Å². The molecule has 0 atom stereocenters. The summed E-state index contributed by atoms with van der Waals surface area (Å²) in [7, 11) is 0. The third-order valence-electron chi connectivity index (χ3n) is 4.32. The number of H-pyrrole nitrogens is 1. The van der Waals surface area contributed by atoms with Crippen LogP contribution in [0.25, 0.3) is 21.7 Å². The third-order valence-corrected chi connectivity index (χ3v) is 6.08. The van der Waals surface area contributed by atoms with Crippen molar-refractivity contribution >= 4 is 39.5 Å². The minimum Gasteiger partial charge on any atom is -0.378 e. The number of aryl methyl sites for hydroxylation is 1. The maximum absolute atomic E-state index is 6.49. The molecule has 130 valence electrons. The summed E-state index contributed by atoms with van der Waals surface area (Å²) in [5, 5.41) is 9.81. The lowest BCUT2D eigenvalue weighted by Crippen LogP contribution is -2.35. The Labute approximate surface area is 160 Å². The first-order valence-corrected chi connectivity index (χ1v) is 9.63. The molecule has 25 heavy (non-hydrogen) atoms. The molecule has 3 aromatic rings. The average molecular weight is 394 g/mol. The van der Waals surface area contributed by atoms with Gasteiger partial charge in [0, 0.05) is 34.3 Å². The topological polar surface area (TPSA) is 41.2 Å². The summed E-state index contributed by atoms with van der Waals surface area (Å²) >= 11 is 14.3. The fourth-order valence-corrected chi connectivity index (χ4v) is 4.78. The van der Waals surface area contributed by atoms with Gasteiger partial charge in [-0.1, -0.05) is 29.3 Å². The zero-order valence-electron chi connectivity index (χ0n) is 13.7. The standard InChI is InChI=1S/C18H17Cl2N3OS/c1-11-10-21-22-17(11)18-14(13-3-2-12(19)8-15(13)20)9-16(25-18)23-4-6-24-7-5-23/h2-3,8-10H,4-7H2,1H3,(H,21,22). The van der Waals surface area contributed by atoms with Gasteiger partial charge in [-0.25, -0.2) is 0 Å². The average Bonchev–Trinajstić information content (AvgIpc) is 3.22. The number of anilines is 1. The molecular weight excluding hydrogens is 377 g/mol. The molecule has 0 amide bonds. The highest BCUT2D eigenvalue weighted by molar-refractivity contribution is 7.20. The Kier molecular flexibility index (Phi) is 4.73. The van der Waals surface area contributed by atoms with Gasteiger partial charge in [-0.3, -0.25) is 5.10 Å². The van der Waals surface area contributed by atoms with Crippen molar-refractivity contribution < 1.29 is 4.74 Å². The van der Waals surface area contributed by atoms with Crippen LogP contribution in [0.15, 0.2) is 30.5 Å². The lowest BCUT2D eigenvalue weighted by atomic mass is 10.0. The Morgan fingerprint density at radius 3 is 2.64 bits per heavy atom. The van der Waals surface area contributed by atoms with Gasteiger partial charge in [0.2, 0.25) is 0 Å². The van der Waals surface area contributed by atoms with Crippen molar-refractivity contribution in [3.05, 3.63) is 46.1 Å². The summed E-state index contributed by atoms with van der Waals surface area (Å²) in [6.07, 6.45) is 1.84. The van der Waals surface area contributed by atoms with Crippen LogP contribution in [-0.2, 0) is 4.74 Å². The predicted octanol–water partition coefficient (Wildman–Crippen LogP) is 5.26. The number of hydrogen-bond acceptors (Lipinski definition) is 4. The molecule has 7 heteroatoms. The van der Waals surface area contributed by atoms with Gasteiger partial charge in [0.05, 0.1) is 35.0 Å². The van der Waals surface area contributed by atoms with Gasteiger partial charge in [0.15, 0.2) is 0 Å². The van der Waals surface area contributed by atoms with E-state index < -0.39 is 0 Å². The van der Waals surface area contributed by atoms with E-state index in [0.717, 1.165) is 53.6 Å². The normalized spacial score (nSPS) is 14.9. The molecule has 0 spiro atoms. The number of thiophene rings is 1. The zero-order valence-corrected chi connectivity index (χ0v) is 16.0. The Hall–Kier alpha value is -1.53. The molecule has 1 aliphatic heterocycles. The lowest BCUT2D eigenvalue weighted by Gasteiger charge is -2.27. The minimum absolute atomic E-state index is 0.636. The van der Waals surface area contributed by atoms with Crippen LogP contribution >= 0.6 is 34.5 Å². The van der Waals surface area contributed by atoms with Crippen molar-refractivity contribution in [2.24, 2.45) is 0 Å². The molecule has 0 radical (unpaired) electrons. The van der Waals surface area contributed by atoms with Crippen molar-refractivity contribution in [2.75, 3.05) is 31.2 Å². The molecule has 3 heterocycles. The highest BCUT2D eigenvalue weighted by Gasteiger charge is 2.21. The van der Waals surface area contributed by atoms with E-state index in [0.29, 0.717) is 10.0 Å². The largest absolute Gasteiger partial charge is 0.378 e. The second-order valence-corrected chi connectivity index (χ2v) is 7.85. The quantitative estimate of drug-likeness (QED) is 0.659. The molecule has 2 aromatic heterocycles. The van der Waals surface area contributed by atoms with Gasteiger partial charge in [-0.05, 0) is 30.7 Å². The Morgan fingerprint density at radius 2 is 1.96 bits per heavy atom. The van der Waals surface area contributed by atoms with E-state index in [-0.39, 0.29) is 0 Å². The van der Waals surface area contributed by atoms with Gasteiger partial charge >= 0.3 is 0 Å². The number of ether oxygens (including phenoxy) is 1. The highest BCUT2D eigenvalue weighted by atomic mass is 35.5. The second kappa shape index (κ2) is 7.00. The minimum atomic E-state index is 0.636. The fraction of sp³-hybridized carbons (Fsp3) is 0.278. The van der Waals surface area contributed by atoms with Crippen LogP contribution in [0.5, 0.6) is 0 Å². The molecular formula is C18H17Cl2N3OS. The van der Waals surface area contributed by atoms with Crippen molar-refractivity contribution in [3.63, 3.8) is 0 Å². The molecule has 4 rings (SSSR count). The summed E-state index contributed by atoms with van der Waals surface area (Å²) < 4.78 is 5.48. The number of benzene rings is 1. The molecule has 1 N–H and O–H groups in total. The number of nitrogens with zero attached hydrogens (tertiary/aromatic N) is 2. The van der Waals surface area contributed by atoms with Crippen molar-refractivity contribution in [2.45, 2.75) is 6.92 Å². The molecule has 0 unspecified atom stereocenters.